The van der Waals surface area contributed by atoms with Crippen molar-refractivity contribution in [3.8, 4) is 34.5 Å². The van der Waals surface area contributed by atoms with E-state index in [2.05, 4.69) is 48.5 Å². The zero-order valence-electron chi connectivity index (χ0n) is 28.7. The van der Waals surface area contributed by atoms with Crippen LogP contribution in [-0.4, -0.2) is 10.2 Å². The Morgan fingerprint density at radius 2 is 0.940 bits per heavy atom. The van der Waals surface area contributed by atoms with Crippen molar-refractivity contribution in [2.75, 3.05) is 11.5 Å². The summed E-state index contributed by atoms with van der Waals surface area (Å²) in [6.45, 7) is 0. The molecule has 8 aliphatic rings. The molecule has 8 fully saturated rings. The van der Waals surface area contributed by atoms with E-state index in [0.29, 0.717) is 28.8 Å². The van der Waals surface area contributed by atoms with Crippen molar-refractivity contribution in [3.63, 3.8) is 0 Å². The van der Waals surface area contributed by atoms with Crippen molar-refractivity contribution >= 4 is 11.4 Å². The SMILES string of the molecule is Nc1ccc(Oc2ccccc2C2(c3ccccc3Oc3ccc(N)c(O)c3)C3CC4CC(C3)CC2(C23CC5CC(CC(C5)C2)C3)C4)cc1O. The van der Waals surface area contributed by atoms with Crippen LogP contribution < -0.4 is 20.9 Å². The first-order valence-electron chi connectivity index (χ1n) is 19.0. The van der Waals surface area contributed by atoms with Gasteiger partial charge >= 0.3 is 0 Å². The average molecular weight is 669 g/mol. The van der Waals surface area contributed by atoms with Crippen LogP contribution >= 0.6 is 0 Å². The number of phenolic OH excluding ortho intramolecular Hbond substituents is 2. The van der Waals surface area contributed by atoms with Crippen LogP contribution in [0.2, 0.25) is 0 Å². The van der Waals surface area contributed by atoms with Crippen LogP contribution in [0.3, 0.4) is 0 Å². The first-order chi connectivity index (χ1) is 24.2. The van der Waals surface area contributed by atoms with Gasteiger partial charge in [0.15, 0.2) is 0 Å². The summed E-state index contributed by atoms with van der Waals surface area (Å²) in [6, 6.07) is 27.9. The minimum absolute atomic E-state index is 0.0276. The van der Waals surface area contributed by atoms with Gasteiger partial charge in [-0.25, -0.2) is 0 Å². The third-order valence-corrected chi connectivity index (χ3v) is 14.7. The molecule has 0 aromatic heterocycles. The molecule has 6 N–H and O–H groups in total. The summed E-state index contributed by atoms with van der Waals surface area (Å²) >= 11 is 0. The number of nitrogen functional groups attached to an aromatic ring is 2. The number of ether oxygens (including phenoxy) is 2. The number of para-hydroxylation sites is 2. The van der Waals surface area contributed by atoms with Gasteiger partial charge in [0.2, 0.25) is 0 Å². The van der Waals surface area contributed by atoms with Gasteiger partial charge in [-0.3, -0.25) is 0 Å². The molecule has 0 spiro atoms. The first kappa shape index (κ1) is 30.5. The third kappa shape index (κ3) is 4.26. The molecule has 0 heterocycles. The minimum atomic E-state index is -0.370. The Kier molecular flexibility index (Phi) is 6.61. The minimum Gasteiger partial charge on any atom is -0.506 e. The van der Waals surface area contributed by atoms with Gasteiger partial charge < -0.3 is 31.2 Å². The standard InChI is InChI=1S/C44H48N2O4/c45-36-11-9-32(19-38(36)47)49-40-7-3-1-5-34(40)44(35-6-2-4-8-41(35)50-33-10-12-37(46)39(48)20-33)31-17-29-16-30(18-31)25-43(44,24-29)42-21-26-13-27(22-42)15-28(14-26)23-42/h1-12,19-20,26-31,47-48H,13-18,21-25,45-46H2. The Morgan fingerprint density at radius 1 is 0.520 bits per heavy atom. The lowest BCUT2D eigenvalue weighted by atomic mass is 9.27. The molecule has 258 valence electrons. The lowest BCUT2D eigenvalue weighted by molar-refractivity contribution is -0.234. The number of benzene rings is 4. The number of rotatable bonds is 7. The van der Waals surface area contributed by atoms with Crippen molar-refractivity contribution in [1.82, 2.24) is 0 Å². The molecule has 12 rings (SSSR count). The Labute approximate surface area is 294 Å². The van der Waals surface area contributed by atoms with Crippen LogP contribution in [0.5, 0.6) is 34.5 Å². The number of phenols is 2. The fraction of sp³-hybridized carbons (Fsp3) is 0.455. The van der Waals surface area contributed by atoms with Crippen LogP contribution in [0.15, 0.2) is 84.9 Å². The van der Waals surface area contributed by atoms with Gasteiger partial charge in [-0.15, -0.1) is 0 Å². The number of anilines is 2. The Morgan fingerprint density at radius 3 is 1.38 bits per heavy atom. The van der Waals surface area contributed by atoms with Gasteiger partial charge in [0.25, 0.3) is 0 Å². The maximum absolute atomic E-state index is 10.6. The van der Waals surface area contributed by atoms with E-state index in [9.17, 15) is 10.2 Å². The summed E-state index contributed by atoms with van der Waals surface area (Å²) in [6.07, 6.45) is 14.6. The van der Waals surface area contributed by atoms with Gasteiger partial charge in [-0.2, -0.15) is 0 Å². The largest absolute Gasteiger partial charge is 0.506 e. The number of hydrogen-bond donors (Lipinski definition) is 4. The fourth-order valence-electron chi connectivity index (χ4n) is 13.9. The molecule has 8 saturated carbocycles. The molecule has 4 aromatic rings. The molecule has 2 unspecified atom stereocenters. The van der Waals surface area contributed by atoms with E-state index >= 15 is 0 Å². The Balaban J connectivity index is 1.24. The molecule has 6 nitrogen and oxygen atoms in total. The van der Waals surface area contributed by atoms with Crippen molar-refractivity contribution < 1.29 is 19.7 Å². The summed E-state index contributed by atoms with van der Waals surface area (Å²) in [5.41, 5.74) is 15.1. The van der Waals surface area contributed by atoms with E-state index in [1.54, 1.807) is 24.3 Å². The van der Waals surface area contributed by atoms with Crippen molar-refractivity contribution in [2.24, 2.45) is 46.3 Å². The molecule has 2 atom stereocenters. The van der Waals surface area contributed by atoms with Crippen LogP contribution in [0.25, 0.3) is 0 Å². The van der Waals surface area contributed by atoms with Gasteiger partial charge in [-0.1, -0.05) is 36.4 Å². The highest BCUT2D eigenvalue weighted by molar-refractivity contribution is 5.61. The number of nitrogens with two attached hydrogens (primary N) is 2. The number of hydrogen-bond acceptors (Lipinski definition) is 6. The zero-order chi connectivity index (χ0) is 33.8. The fourth-order valence-corrected chi connectivity index (χ4v) is 13.9. The quantitative estimate of drug-likeness (QED) is 0.115. The summed E-state index contributed by atoms with van der Waals surface area (Å²) in [5, 5.41) is 21.2. The van der Waals surface area contributed by atoms with Gasteiger partial charge in [0.05, 0.1) is 11.4 Å². The van der Waals surface area contributed by atoms with Crippen LogP contribution in [0.1, 0.15) is 81.8 Å². The summed E-state index contributed by atoms with van der Waals surface area (Å²) < 4.78 is 13.8. The molecule has 0 aliphatic heterocycles. The molecule has 50 heavy (non-hydrogen) atoms. The highest BCUT2D eigenvalue weighted by Gasteiger charge is 2.75. The molecule has 0 radical (unpaired) electrons. The first-order valence-corrected chi connectivity index (χ1v) is 19.0. The molecule has 6 heteroatoms. The predicted molar refractivity (Wildman–Crippen MR) is 195 cm³/mol. The molecule has 0 amide bonds. The summed E-state index contributed by atoms with van der Waals surface area (Å²) in [7, 11) is 0. The van der Waals surface area contributed by atoms with Crippen LogP contribution in [-0.2, 0) is 5.41 Å². The van der Waals surface area contributed by atoms with E-state index in [0.717, 1.165) is 41.1 Å². The monoisotopic (exact) mass is 668 g/mol. The highest BCUT2D eigenvalue weighted by Crippen LogP contribution is 2.82. The average Bonchev–Trinajstić information content (AvgIpc) is 3.08. The second-order valence-corrected chi connectivity index (χ2v) is 17.3. The van der Waals surface area contributed by atoms with Crippen LogP contribution in [0, 0.1) is 46.3 Å². The van der Waals surface area contributed by atoms with E-state index in [-0.39, 0.29) is 27.7 Å². The van der Waals surface area contributed by atoms with Crippen molar-refractivity contribution in [3.05, 3.63) is 96.1 Å². The maximum atomic E-state index is 10.6. The molecular weight excluding hydrogens is 620 g/mol. The second kappa shape index (κ2) is 10.8. The molecule has 8 bridgehead atoms. The normalized spacial score (nSPS) is 34.2. The molecule has 4 aromatic carbocycles. The topological polar surface area (TPSA) is 111 Å². The molecule has 0 saturated heterocycles. The third-order valence-electron chi connectivity index (χ3n) is 14.7. The van der Waals surface area contributed by atoms with Crippen molar-refractivity contribution in [1.29, 1.82) is 0 Å². The van der Waals surface area contributed by atoms with E-state index in [1.807, 2.05) is 12.1 Å². The summed E-state index contributed by atoms with van der Waals surface area (Å²) in [5.74, 6) is 7.32. The Bertz CT molecular complexity index is 1840. The lowest BCUT2D eigenvalue weighted by Crippen LogP contribution is -2.71. The second-order valence-electron chi connectivity index (χ2n) is 17.3. The highest BCUT2D eigenvalue weighted by atomic mass is 16.5. The van der Waals surface area contributed by atoms with E-state index in [1.165, 1.54) is 81.8 Å². The van der Waals surface area contributed by atoms with E-state index < -0.39 is 0 Å². The predicted octanol–water partition coefficient (Wildman–Crippen LogP) is 10.2. The zero-order valence-corrected chi connectivity index (χ0v) is 28.7. The smallest absolute Gasteiger partial charge is 0.142 e. The lowest BCUT2D eigenvalue weighted by Gasteiger charge is -2.77. The summed E-state index contributed by atoms with van der Waals surface area (Å²) in [4.78, 5) is 0. The van der Waals surface area contributed by atoms with Gasteiger partial charge in [0, 0.05) is 28.7 Å². The van der Waals surface area contributed by atoms with Crippen LogP contribution in [0.4, 0.5) is 11.4 Å². The van der Waals surface area contributed by atoms with Gasteiger partial charge in [0.1, 0.15) is 34.5 Å². The Hall–Kier alpha value is -4.32. The maximum Gasteiger partial charge on any atom is 0.142 e. The van der Waals surface area contributed by atoms with Gasteiger partial charge in [-0.05, 0) is 153 Å². The molecule has 8 aliphatic carbocycles. The van der Waals surface area contributed by atoms with Crippen molar-refractivity contribution in [2.45, 2.75) is 76.0 Å². The number of aromatic hydroxyl groups is 2. The van der Waals surface area contributed by atoms with E-state index in [4.69, 9.17) is 20.9 Å². The molecular formula is C44H48N2O4.